The van der Waals surface area contributed by atoms with Gasteiger partial charge in [0, 0.05) is 54.6 Å². The molecule has 29 heavy (non-hydrogen) atoms. The van der Waals surface area contributed by atoms with Crippen molar-refractivity contribution < 1.29 is 9.53 Å². The van der Waals surface area contributed by atoms with Crippen LogP contribution in [0.3, 0.4) is 0 Å². The Kier molecular flexibility index (Phi) is 6.31. The summed E-state index contributed by atoms with van der Waals surface area (Å²) in [5.41, 5.74) is 2.25. The minimum Gasteiger partial charge on any atom is -0.497 e. The number of thioether (sulfide) groups is 1. The van der Waals surface area contributed by atoms with Crippen LogP contribution in [0.25, 0.3) is 0 Å². The maximum atomic E-state index is 13.2. The number of fused-ring (bicyclic) bond motifs is 1. The smallest absolute Gasteiger partial charge is 0.241 e. The van der Waals surface area contributed by atoms with Crippen LogP contribution in [-0.4, -0.2) is 62.4 Å². The van der Waals surface area contributed by atoms with Gasteiger partial charge in [-0.1, -0.05) is 25.1 Å². The normalized spacial score (nSPS) is 20.1. The molecule has 0 N–H and O–H groups in total. The van der Waals surface area contributed by atoms with Gasteiger partial charge in [0.25, 0.3) is 0 Å². The fourth-order valence-corrected chi connectivity index (χ4v) is 5.11. The molecule has 0 unspecified atom stereocenters. The van der Waals surface area contributed by atoms with Crippen LogP contribution in [0, 0.1) is 0 Å². The number of para-hydroxylation sites is 1. The number of rotatable bonds is 4. The first-order chi connectivity index (χ1) is 14.1. The molecule has 2 aliphatic heterocycles. The predicted molar refractivity (Wildman–Crippen MR) is 120 cm³/mol. The molecule has 0 spiro atoms. The molecule has 1 saturated heterocycles. The van der Waals surface area contributed by atoms with E-state index in [0.717, 1.165) is 50.6 Å². The molecule has 1 amide bonds. The Bertz CT molecular complexity index is 852. The van der Waals surface area contributed by atoms with Crippen molar-refractivity contribution in [2.75, 3.05) is 56.2 Å². The lowest BCUT2D eigenvalue weighted by atomic mass is 10.2. The second-order valence-electron chi connectivity index (χ2n) is 7.69. The first kappa shape index (κ1) is 20.1. The van der Waals surface area contributed by atoms with Gasteiger partial charge in [0.1, 0.15) is 5.75 Å². The third-order valence-electron chi connectivity index (χ3n) is 5.69. The fraction of sp³-hybridized carbons (Fsp3) is 0.435. The van der Waals surface area contributed by atoms with Crippen LogP contribution in [0.2, 0.25) is 0 Å². The van der Waals surface area contributed by atoms with E-state index in [1.807, 2.05) is 34.9 Å². The monoisotopic (exact) mass is 411 g/mol. The molecule has 0 aromatic heterocycles. The average Bonchev–Trinajstić information content (AvgIpc) is 2.92. The SMILES string of the molecule is COc1cccc(N2CCN(CC(=O)N3CC[C@@H](C)Sc4ccccc43)CC2)c1. The Hall–Kier alpha value is -2.18. The van der Waals surface area contributed by atoms with E-state index in [2.05, 4.69) is 47.1 Å². The molecule has 2 aliphatic rings. The van der Waals surface area contributed by atoms with E-state index < -0.39 is 0 Å². The molecule has 2 aromatic carbocycles. The summed E-state index contributed by atoms with van der Waals surface area (Å²) in [6, 6.07) is 16.5. The van der Waals surface area contributed by atoms with Crippen molar-refractivity contribution in [2.24, 2.45) is 0 Å². The molecule has 0 bridgehead atoms. The highest BCUT2D eigenvalue weighted by atomic mass is 32.2. The van der Waals surface area contributed by atoms with E-state index >= 15 is 0 Å². The number of carbonyl (C=O) groups excluding carboxylic acids is 1. The van der Waals surface area contributed by atoms with Crippen LogP contribution >= 0.6 is 11.8 Å². The average molecular weight is 412 g/mol. The Morgan fingerprint density at radius 3 is 2.66 bits per heavy atom. The van der Waals surface area contributed by atoms with E-state index in [9.17, 15) is 4.79 Å². The minimum atomic E-state index is 0.210. The molecule has 0 radical (unpaired) electrons. The van der Waals surface area contributed by atoms with Crippen molar-refractivity contribution in [3.63, 3.8) is 0 Å². The van der Waals surface area contributed by atoms with Gasteiger partial charge in [-0.3, -0.25) is 9.69 Å². The Balaban J connectivity index is 1.37. The van der Waals surface area contributed by atoms with Crippen LogP contribution in [0.4, 0.5) is 11.4 Å². The number of benzene rings is 2. The lowest BCUT2D eigenvalue weighted by Crippen LogP contribution is -2.50. The number of hydrogen-bond acceptors (Lipinski definition) is 5. The van der Waals surface area contributed by atoms with Crippen LogP contribution in [-0.2, 0) is 4.79 Å². The van der Waals surface area contributed by atoms with Gasteiger partial charge < -0.3 is 14.5 Å². The van der Waals surface area contributed by atoms with E-state index in [1.54, 1.807) is 7.11 Å². The Morgan fingerprint density at radius 1 is 1.07 bits per heavy atom. The van der Waals surface area contributed by atoms with Crippen molar-refractivity contribution >= 4 is 29.0 Å². The quantitative estimate of drug-likeness (QED) is 0.766. The van der Waals surface area contributed by atoms with E-state index in [4.69, 9.17) is 4.74 Å². The Morgan fingerprint density at radius 2 is 1.86 bits per heavy atom. The maximum Gasteiger partial charge on any atom is 0.241 e. The summed E-state index contributed by atoms with van der Waals surface area (Å²) in [4.78, 5) is 21.0. The topological polar surface area (TPSA) is 36.0 Å². The summed E-state index contributed by atoms with van der Waals surface area (Å²) in [6.45, 7) is 7.15. The number of carbonyl (C=O) groups is 1. The van der Waals surface area contributed by atoms with Crippen LogP contribution in [0.15, 0.2) is 53.4 Å². The second-order valence-corrected chi connectivity index (χ2v) is 9.18. The number of nitrogens with zero attached hydrogens (tertiary/aromatic N) is 3. The summed E-state index contributed by atoms with van der Waals surface area (Å²) < 4.78 is 5.34. The van der Waals surface area contributed by atoms with Crippen molar-refractivity contribution in [3.05, 3.63) is 48.5 Å². The molecule has 154 valence electrons. The van der Waals surface area contributed by atoms with E-state index in [1.165, 1.54) is 10.6 Å². The molecule has 2 heterocycles. The molecular weight excluding hydrogens is 382 g/mol. The zero-order chi connectivity index (χ0) is 20.2. The fourth-order valence-electron chi connectivity index (χ4n) is 3.99. The molecule has 0 saturated carbocycles. The van der Waals surface area contributed by atoms with Gasteiger partial charge in [-0.25, -0.2) is 0 Å². The maximum absolute atomic E-state index is 13.2. The summed E-state index contributed by atoms with van der Waals surface area (Å²) in [5.74, 6) is 1.09. The van der Waals surface area contributed by atoms with Crippen molar-refractivity contribution in [3.8, 4) is 5.75 Å². The molecule has 2 aromatic rings. The summed E-state index contributed by atoms with van der Waals surface area (Å²) in [6.07, 6.45) is 1.02. The van der Waals surface area contributed by atoms with Crippen molar-refractivity contribution in [1.82, 2.24) is 4.90 Å². The van der Waals surface area contributed by atoms with Gasteiger partial charge in [0.05, 0.1) is 19.3 Å². The molecular formula is C23H29N3O2S. The molecule has 0 aliphatic carbocycles. The molecule has 6 heteroatoms. The third kappa shape index (κ3) is 4.70. The molecule has 1 fully saturated rings. The first-order valence-corrected chi connectivity index (χ1v) is 11.2. The predicted octanol–water partition coefficient (Wildman–Crippen LogP) is 3.73. The summed E-state index contributed by atoms with van der Waals surface area (Å²) in [7, 11) is 1.70. The number of piperazine rings is 1. The van der Waals surface area contributed by atoms with Crippen molar-refractivity contribution in [1.29, 1.82) is 0 Å². The largest absolute Gasteiger partial charge is 0.497 e. The molecule has 1 atom stereocenters. The number of hydrogen-bond donors (Lipinski definition) is 0. The van der Waals surface area contributed by atoms with Crippen LogP contribution in [0.5, 0.6) is 5.75 Å². The third-order valence-corrected chi connectivity index (χ3v) is 6.93. The lowest BCUT2D eigenvalue weighted by Gasteiger charge is -2.36. The lowest BCUT2D eigenvalue weighted by molar-refractivity contribution is -0.119. The van der Waals surface area contributed by atoms with Gasteiger partial charge in [0.2, 0.25) is 5.91 Å². The van der Waals surface area contributed by atoms with Gasteiger partial charge in [-0.05, 0) is 30.7 Å². The number of anilines is 2. The Labute approximate surface area is 177 Å². The second kappa shape index (κ2) is 9.09. The number of methoxy groups -OCH3 is 1. The van der Waals surface area contributed by atoms with Crippen molar-refractivity contribution in [2.45, 2.75) is 23.5 Å². The van der Waals surface area contributed by atoms with Gasteiger partial charge in [-0.15, -0.1) is 11.8 Å². The highest BCUT2D eigenvalue weighted by molar-refractivity contribution is 8.00. The van der Waals surface area contributed by atoms with Gasteiger partial charge in [-0.2, -0.15) is 0 Å². The first-order valence-electron chi connectivity index (χ1n) is 10.3. The summed E-state index contributed by atoms with van der Waals surface area (Å²) in [5, 5.41) is 0.528. The highest BCUT2D eigenvalue weighted by Gasteiger charge is 2.26. The van der Waals surface area contributed by atoms with Gasteiger partial charge >= 0.3 is 0 Å². The zero-order valence-corrected chi connectivity index (χ0v) is 18.0. The zero-order valence-electron chi connectivity index (χ0n) is 17.2. The minimum absolute atomic E-state index is 0.210. The van der Waals surface area contributed by atoms with E-state index in [0.29, 0.717) is 11.8 Å². The van der Waals surface area contributed by atoms with Crippen LogP contribution < -0.4 is 14.5 Å². The van der Waals surface area contributed by atoms with E-state index in [-0.39, 0.29) is 5.91 Å². The van der Waals surface area contributed by atoms with Crippen LogP contribution in [0.1, 0.15) is 13.3 Å². The molecule has 5 nitrogen and oxygen atoms in total. The number of amides is 1. The standard InChI is InChI=1S/C23H29N3O2S/c1-18-10-11-26(21-8-3-4-9-22(21)29-18)23(27)17-24-12-14-25(15-13-24)19-6-5-7-20(16-19)28-2/h3-9,16,18H,10-15,17H2,1-2H3/t18-/m1/s1. The van der Waals surface area contributed by atoms with Gasteiger partial charge in [0.15, 0.2) is 0 Å². The molecule has 4 rings (SSSR count). The highest BCUT2D eigenvalue weighted by Crippen LogP contribution is 2.37. The summed E-state index contributed by atoms with van der Waals surface area (Å²) >= 11 is 1.88. The number of ether oxygens (including phenoxy) is 1.